The molecule has 1 fully saturated rings. The van der Waals surface area contributed by atoms with Crippen LogP contribution in [0.25, 0.3) is 10.6 Å². The summed E-state index contributed by atoms with van der Waals surface area (Å²) in [6.45, 7) is 1.29. The van der Waals surface area contributed by atoms with E-state index in [1.807, 2.05) is 28.5 Å². The van der Waals surface area contributed by atoms with Gasteiger partial charge >= 0.3 is 0 Å². The van der Waals surface area contributed by atoms with E-state index in [0.717, 1.165) is 23.4 Å². The van der Waals surface area contributed by atoms with Gasteiger partial charge in [-0.3, -0.25) is 14.9 Å². The monoisotopic (exact) mass is 355 g/mol. The lowest BCUT2D eigenvalue weighted by Crippen LogP contribution is -2.42. The zero-order valence-corrected chi connectivity index (χ0v) is 14.3. The van der Waals surface area contributed by atoms with Gasteiger partial charge < -0.3 is 9.64 Å². The first-order valence-electron chi connectivity index (χ1n) is 8.11. The maximum Gasteiger partial charge on any atom is 0.274 e. The van der Waals surface area contributed by atoms with Crippen LogP contribution in [0.15, 0.2) is 42.2 Å². The standard InChI is InChI=1S/C17H17N5O2S/c23-17(14-10-13(20-21-14)15-2-1-9-25-15)22-7-3-12(4-8-22)24-16-11-18-5-6-19-16/h1-2,5-6,9-12H,3-4,7-8H2,(H,20,21). The molecule has 0 bridgehead atoms. The molecule has 0 atom stereocenters. The van der Waals surface area contributed by atoms with Crippen molar-refractivity contribution in [3.05, 3.63) is 47.9 Å². The minimum Gasteiger partial charge on any atom is -0.473 e. The molecule has 1 N–H and O–H groups in total. The van der Waals surface area contributed by atoms with Crippen molar-refractivity contribution in [2.45, 2.75) is 18.9 Å². The van der Waals surface area contributed by atoms with Gasteiger partial charge in [-0.2, -0.15) is 5.10 Å². The van der Waals surface area contributed by atoms with E-state index >= 15 is 0 Å². The molecule has 0 unspecified atom stereocenters. The number of thiophene rings is 1. The first-order valence-corrected chi connectivity index (χ1v) is 8.99. The molecule has 0 spiro atoms. The molecule has 8 heteroatoms. The van der Waals surface area contributed by atoms with E-state index in [1.165, 1.54) is 0 Å². The van der Waals surface area contributed by atoms with E-state index in [1.54, 1.807) is 29.9 Å². The number of piperidine rings is 1. The van der Waals surface area contributed by atoms with E-state index in [2.05, 4.69) is 20.2 Å². The number of H-pyrrole nitrogens is 1. The Labute approximate surface area is 148 Å². The summed E-state index contributed by atoms with van der Waals surface area (Å²) in [4.78, 5) is 23.6. The normalized spacial score (nSPS) is 15.3. The maximum atomic E-state index is 12.6. The molecule has 0 radical (unpaired) electrons. The van der Waals surface area contributed by atoms with Crippen molar-refractivity contribution in [3.8, 4) is 16.5 Å². The molecule has 1 amide bonds. The van der Waals surface area contributed by atoms with Crippen LogP contribution < -0.4 is 4.74 Å². The summed E-state index contributed by atoms with van der Waals surface area (Å²) < 4.78 is 5.81. The third-order valence-corrected chi connectivity index (χ3v) is 5.04. The number of likely N-dealkylation sites (tertiary alicyclic amines) is 1. The lowest BCUT2D eigenvalue weighted by molar-refractivity contribution is 0.0582. The smallest absolute Gasteiger partial charge is 0.274 e. The highest BCUT2D eigenvalue weighted by Gasteiger charge is 2.26. The van der Waals surface area contributed by atoms with E-state index < -0.39 is 0 Å². The number of amides is 1. The van der Waals surface area contributed by atoms with E-state index in [-0.39, 0.29) is 12.0 Å². The van der Waals surface area contributed by atoms with Crippen LogP contribution in [0.4, 0.5) is 0 Å². The fraction of sp³-hybridized carbons (Fsp3) is 0.294. The van der Waals surface area contributed by atoms with Gasteiger partial charge in [0.25, 0.3) is 5.91 Å². The average Bonchev–Trinajstić information content (AvgIpc) is 3.34. The Morgan fingerprint density at radius 2 is 2.20 bits per heavy atom. The minimum atomic E-state index is -0.0444. The first-order chi connectivity index (χ1) is 12.3. The van der Waals surface area contributed by atoms with Crippen molar-refractivity contribution < 1.29 is 9.53 Å². The van der Waals surface area contributed by atoms with Gasteiger partial charge in [0.05, 0.1) is 16.8 Å². The summed E-state index contributed by atoms with van der Waals surface area (Å²) in [5.74, 6) is 0.483. The molecule has 0 aromatic carbocycles. The maximum absolute atomic E-state index is 12.6. The van der Waals surface area contributed by atoms with Crippen molar-refractivity contribution in [3.63, 3.8) is 0 Å². The van der Waals surface area contributed by atoms with Crippen LogP contribution in [0.3, 0.4) is 0 Å². The summed E-state index contributed by atoms with van der Waals surface area (Å²) in [7, 11) is 0. The van der Waals surface area contributed by atoms with Crippen molar-refractivity contribution in [1.82, 2.24) is 25.1 Å². The Kier molecular flexibility index (Phi) is 4.43. The van der Waals surface area contributed by atoms with Crippen LogP contribution in [0.5, 0.6) is 5.88 Å². The van der Waals surface area contributed by atoms with Gasteiger partial charge in [0, 0.05) is 38.3 Å². The molecule has 7 nitrogen and oxygen atoms in total. The summed E-state index contributed by atoms with van der Waals surface area (Å²) in [6.07, 6.45) is 6.42. The molecule has 1 aliphatic rings. The number of rotatable bonds is 4. The summed E-state index contributed by atoms with van der Waals surface area (Å²) in [6, 6.07) is 5.79. The zero-order chi connectivity index (χ0) is 17.1. The lowest BCUT2D eigenvalue weighted by Gasteiger charge is -2.31. The molecule has 3 aromatic heterocycles. The number of hydrogen-bond acceptors (Lipinski definition) is 6. The van der Waals surface area contributed by atoms with Crippen LogP contribution in [0.1, 0.15) is 23.3 Å². The minimum absolute atomic E-state index is 0.0444. The number of carbonyl (C=O) groups excluding carboxylic acids is 1. The largest absolute Gasteiger partial charge is 0.473 e. The van der Waals surface area contributed by atoms with E-state index in [4.69, 9.17) is 4.74 Å². The molecule has 1 aliphatic heterocycles. The molecule has 4 heterocycles. The van der Waals surface area contributed by atoms with Crippen LogP contribution >= 0.6 is 11.3 Å². The Morgan fingerprint density at radius 3 is 2.92 bits per heavy atom. The van der Waals surface area contributed by atoms with Crippen molar-refractivity contribution in [2.24, 2.45) is 0 Å². The zero-order valence-electron chi connectivity index (χ0n) is 13.5. The molecule has 25 heavy (non-hydrogen) atoms. The van der Waals surface area contributed by atoms with Crippen LogP contribution in [0.2, 0.25) is 0 Å². The van der Waals surface area contributed by atoms with Crippen molar-refractivity contribution in [2.75, 3.05) is 13.1 Å². The fourth-order valence-corrected chi connectivity index (χ4v) is 3.54. The van der Waals surface area contributed by atoms with Crippen LogP contribution in [0, 0.1) is 0 Å². The topological polar surface area (TPSA) is 84.0 Å². The van der Waals surface area contributed by atoms with Gasteiger partial charge in [0.1, 0.15) is 6.10 Å². The predicted molar refractivity (Wildman–Crippen MR) is 93.5 cm³/mol. The van der Waals surface area contributed by atoms with Crippen LogP contribution in [-0.4, -0.2) is 50.2 Å². The number of carbonyl (C=O) groups is 1. The van der Waals surface area contributed by atoms with Gasteiger partial charge in [0.2, 0.25) is 5.88 Å². The molecule has 0 saturated carbocycles. The number of hydrogen-bond donors (Lipinski definition) is 1. The number of nitrogens with zero attached hydrogens (tertiary/aromatic N) is 4. The highest BCUT2D eigenvalue weighted by molar-refractivity contribution is 7.13. The molecule has 1 saturated heterocycles. The SMILES string of the molecule is O=C(c1cc(-c2cccs2)[nH]n1)N1CCC(Oc2cnccn2)CC1. The molecular formula is C17H17N5O2S. The Bertz CT molecular complexity index is 826. The van der Waals surface area contributed by atoms with Crippen LogP contribution in [-0.2, 0) is 0 Å². The highest BCUT2D eigenvalue weighted by atomic mass is 32.1. The molecule has 0 aliphatic carbocycles. The third-order valence-electron chi connectivity index (χ3n) is 4.14. The number of aromatic amines is 1. The first kappa shape index (κ1) is 15.8. The van der Waals surface area contributed by atoms with Crippen molar-refractivity contribution in [1.29, 1.82) is 0 Å². The predicted octanol–water partition coefficient (Wildman–Crippen LogP) is 2.61. The van der Waals surface area contributed by atoms with E-state index in [0.29, 0.717) is 24.7 Å². The second kappa shape index (κ2) is 7.02. The van der Waals surface area contributed by atoms with Crippen molar-refractivity contribution >= 4 is 17.2 Å². The number of aromatic nitrogens is 4. The third kappa shape index (κ3) is 3.53. The Balaban J connectivity index is 1.35. The van der Waals surface area contributed by atoms with Gasteiger partial charge in [-0.15, -0.1) is 11.3 Å². The molecule has 4 rings (SSSR count). The second-order valence-electron chi connectivity index (χ2n) is 5.80. The van der Waals surface area contributed by atoms with E-state index in [9.17, 15) is 4.79 Å². The quantitative estimate of drug-likeness (QED) is 0.778. The molecule has 128 valence electrons. The summed E-state index contributed by atoms with van der Waals surface area (Å²) in [5, 5.41) is 9.12. The summed E-state index contributed by atoms with van der Waals surface area (Å²) >= 11 is 1.61. The fourth-order valence-electron chi connectivity index (χ4n) is 2.85. The number of ether oxygens (including phenoxy) is 1. The van der Waals surface area contributed by atoms with Gasteiger partial charge in [-0.25, -0.2) is 4.98 Å². The second-order valence-corrected chi connectivity index (χ2v) is 6.74. The highest BCUT2D eigenvalue weighted by Crippen LogP contribution is 2.24. The average molecular weight is 355 g/mol. The molecule has 3 aromatic rings. The summed E-state index contributed by atoms with van der Waals surface area (Å²) in [5.41, 5.74) is 1.33. The Morgan fingerprint density at radius 1 is 1.32 bits per heavy atom. The number of nitrogens with one attached hydrogen (secondary N) is 1. The van der Waals surface area contributed by atoms with Gasteiger partial charge in [-0.05, 0) is 17.5 Å². The molecular weight excluding hydrogens is 338 g/mol. The van der Waals surface area contributed by atoms with Gasteiger partial charge in [-0.1, -0.05) is 6.07 Å². The lowest BCUT2D eigenvalue weighted by atomic mass is 10.1. The Hall–Kier alpha value is -2.74. The van der Waals surface area contributed by atoms with Gasteiger partial charge in [0.15, 0.2) is 5.69 Å².